The van der Waals surface area contributed by atoms with Gasteiger partial charge in [0.25, 0.3) is 0 Å². The van der Waals surface area contributed by atoms with Crippen LogP contribution < -0.4 is 4.74 Å². The van der Waals surface area contributed by atoms with E-state index in [2.05, 4.69) is 38.8 Å². The van der Waals surface area contributed by atoms with Gasteiger partial charge in [-0.3, -0.25) is 4.98 Å². The molecule has 0 N–H and O–H groups in total. The van der Waals surface area contributed by atoms with E-state index in [4.69, 9.17) is 4.74 Å². The summed E-state index contributed by atoms with van der Waals surface area (Å²) in [6, 6.07) is 12.4. The van der Waals surface area contributed by atoms with Gasteiger partial charge in [-0.15, -0.1) is 0 Å². The lowest BCUT2D eigenvalue weighted by molar-refractivity contribution is 0.0899. The molecule has 1 unspecified atom stereocenters. The molecule has 0 saturated carbocycles. The van der Waals surface area contributed by atoms with E-state index < -0.39 is 0 Å². The van der Waals surface area contributed by atoms with Crippen molar-refractivity contribution in [1.82, 2.24) is 9.88 Å². The Labute approximate surface area is 165 Å². The summed E-state index contributed by atoms with van der Waals surface area (Å²) in [5.74, 6) is 1.69. The molecule has 1 aromatic carbocycles. The molecule has 0 amide bonds. The van der Waals surface area contributed by atoms with Gasteiger partial charge in [0.2, 0.25) is 0 Å². The number of hydrogen-bond acceptors (Lipinski definition) is 3. The summed E-state index contributed by atoms with van der Waals surface area (Å²) in [4.78, 5) is 6.89. The summed E-state index contributed by atoms with van der Waals surface area (Å²) >= 11 is 3.47. The Balaban J connectivity index is 1.46. The molecule has 26 heavy (non-hydrogen) atoms. The molecule has 1 aliphatic heterocycles. The van der Waals surface area contributed by atoms with Crippen molar-refractivity contribution in [3.8, 4) is 5.75 Å². The number of piperidine rings is 1. The first-order chi connectivity index (χ1) is 12.7. The first kappa shape index (κ1) is 19.4. The number of nitrogens with zero attached hydrogens (tertiary/aromatic N) is 2. The topological polar surface area (TPSA) is 25.4 Å². The molecule has 1 aliphatic rings. The minimum absolute atomic E-state index is 0.343. The summed E-state index contributed by atoms with van der Waals surface area (Å²) < 4.78 is 7.24. The van der Waals surface area contributed by atoms with E-state index >= 15 is 0 Å². The van der Waals surface area contributed by atoms with Crippen LogP contribution in [0.2, 0.25) is 0 Å². The molecule has 1 aromatic heterocycles. The third-order valence-corrected chi connectivity index (χ3v) is 5.64. The molecule has 3 rings (SSSR count). The fourth-order valence-corrected chi connectivity index (χ4v) is 4.06. The van der Waals surface area contributed by atoms with Gasteiger partial charge in [0.05, 0.1) is 0 Å². The van der Waals surface area contributed by atoms with Crippen molar-refractivity contribution in [2.45, 2.75) is 45.1 Å². The zero-order valence-electron chi connectivity index (χ0n) is 15.6. The molecule has 0 spiro atoms. The fourth-order valence-electron chi connectivity index (χ4n) is 3.80. The van der Waals surface area contributed by atoms with Crippen LogP contribution in [0.15, 0.2) is 53.3 Å². The van der Waals surface area contributed by atoms with Gasteiger partial charge in [-0.05, 0) is 67.5 Å². The summed E-state index contributed by atoms with van der Waals surface area (Å²) in [6.45, 7) is 5.74. The highest BCUT2D eigenvalue weighted by Gasteiger charge is 2.22. The molecule has 0 radical (unpaired) electrons. The van der Waals surface area contributed by atoms with Gasteiger partial charge < -0.3 is 9.64 Å². The molecular weight excluding hydrogens is 388 g/mol. The minimum atomic E-state index is 0.343. The van der Waals surface area contributed by atoms with Crippen LogP contribution >= 0.6 is 15.9 Å². The van der Waals surface area contributed by atoms with Gasteiger partial charge in [-0.2, -0.15) is 0 Å². The second-order valence-corrected chi connectivity index (χ2v) is 8.21. The average molecular weight is 417 g/mol. The second-order valence-electron chi connectivity index (χ2n) is 7.29. The van der Waals surface area contributed by atoms with Crippen LogP contribution in [0.5, 0.6) is 5.75 Å². The highest BCUT2D eigenvalue weighted by Crippen LogP contribution is 2.23. The Hall–Kier alpha value is -1.39. The zero-order valence-corrected chi connectivity index (χ0v) is 17.2. The third kappa shape index (κ3) is 6.10. The van der Waals surface area contributed by atoms with E-state index in [0.717, 1.165) is 42.6 Å². The van der Waals surface area contributed by atoms with Crippen molar-refractivity contribution in [2.75, 3.05) is 19.6 Å². The first-order valence-corrected chi connectivity index (χ1v) is 10.6. The molecule has 4 heteroatoms. The van der Waals surface area contributed by atoms with E-state index in [1.54, 1.807) is 0 Å². The normalized spacial score (nSPS) is 17.2. The van der Waals surface area contributed by atoms with Crippen LogP contribution in [0.1, 0.15) is 38.2 Å². The van der Waals surface area contributed by atoms with Gasteiger partial charge in [0.1, 0.15) is 11.9 Å². The monoisotopic (exact) mass is 416 g/mol. The van der Waals surface area contributed by atoms with Crippen molar-refractivity contribution in [3.63, 3.8) is 0 Å². The predicted octanol–water partition coefficient (Wildman–Crippen LogP) is 5.35. The number of ether oxygens (including phenoxy) is 1. The molecule has 140 valence electrons. The van der Waals surface area contributed by atoms with Gasteiger partial charge >= 0.3 is 0 Å². The summed E-state index contributed by atoms with van der Waals surface area (Å²) in [6.07, 6.45) is 10.1. The van der Waals surface area contributed by atoms with Crippen LogP contribution in [0.25, 0.3) is 0 Å². The van der Waals surface area contributed by atoms with E-state index in [-0.39, 0.29) is 0 Å². The minimum Gasteiger partial charge on any atom is -0.490 e. The van der Waals surface area contributed by atoms with Gasteiger partial charge in [0.15, 0.2) is 0 Å². The lowest BCUT2D eigenvalue weighted by Gasteiger charge is -2.34. The summed E-state index contributed by atoms with van der Waals surface area (Å²) in [5.41, 5.74) is 1.36. The molecular formula is C22H29BrN2O. The third-order valence-electron chi connectivity index (χ3n) is 5.11. The Morgan fingerprint density at radius 2 is 1.96 bits per heavy atom. The van der Waals surface area contributed by atoms with Crippen molar-refractivity contribution < 1.29 is 4.74 Å². The van der Waals surface area contributed by atoms with Crippen molar-refractivity contribution in [2.24, 2.45) is 5.92 Å². The second kappa shape index (κ2) is 10.1. The van der Waals surface area contributed by atoms with E-state index in [1.165, 1.54) is 24.9 Å². The molecule has 1 saturated heterocycles. The van der Waals surface area contributed by atoms with Crippen molar-refractivity contribution in [3.05, 3.63) is 58.8 Å². The van der Waals surface area contributed by atoms with Gasteiger partial charge in [0, 0.05) is 36.5 Å². The molecule has 2 aromatic rings. The van der Waals surface area contributed by atoms with Gasteiger partial charge in [-0.1, -0.05) is 35.3 Å². The maximum Gasteiger partial charge on any atom is 0.119 e. The summed E-state index contributed by atoms with van der Waals surface area (Å²) in [5, 5.41) is 0. The Morgan fingerprint density at radius 1 is 1.19 bits per heavy atom. The highest BCUT2D eigenvalue weighted by atomic mass is 79.9. The largest absolute Gasteiger partial charge is 0.490 e. The first-order valence-electron chi connectivity index (χ1n) is 9.76. The van der Waals surface area contributed by atoms with Crippen LogP contribution in [0, 0.1) is 5.92 Å². The maximum atomic E-state index is 6.15. The maximum absolute atomic E-state index is 6.15. The van der Waals surface area contributed by atoms with Crippen molar-refractivity contribution in [1.29, 1.82) is 0 Å². The molecule has 3 nitrogen and oxygen atoms in total. The lowest BCUT2D eigenvalue weighted by atomic mass is 9.94. The number of benzene rings is 1. The average Bonchev–Trinajstić information content (AvgIpc) is 2.66. The SMILES string of the molecule is CCCC(Cc1cccnc1)CN1CCC(Oc2ccc(Br)cc2)CC1. The Bertz CT molecular complexity index is 639. The standard InChI is InChI=1S/C22H29BrN2O/c1-2-4-19(15-18-5-3-12-24-16-18)17-25-13-10-22(11-14-25)26-21-8-6-20(23)7-9-21/h3,5-9,12,16,19,22H,2,4,10-11,13-15,17H2,1H3. The van der Waals surface area contributed by atoms with Crippen LogP contribution in [0.3, 0.4) is 0 Å². The molecule has 0 bridgehead atoms. The summed E-state index contributed by atoms with van der Waals surface area (Å²) in [7, 11) is 0. The molecule has 0 aliphatic carbocycles. The van der Waals surface area contributed by atoms with Crippen LogP contribution in [-0.2, 0) is 6.42 Å². The number of hydrogen-bond donors (Lipinski definition) is 0. The van der Waals surface area contributed by atoms with E-state index in [9.17, 15) is 0 Å². The Morgan fingerprint density at radius 3 is 2.62 bits per heavy atom. The van der Waals surface area contributed by atoms with Crippen molar-refractivity contribution >= 4 is 15.9 Å². The lowest BCUT2D eigenvalue weighted by Crippen LogP contribution is -2.41. The van der Waals surface area contributed by atoms with E-state index in [0.29, 0.717) is 12.0 Å². The van der Waals surface area contributed by atoms with E-state index in [1.807, 2.05) is 42.7 Å². The number of rotatable bonds is 8. The fraction of sp³-hybridized carbons (Fsp3) is 0.500. The smallest absolute Gasteiger partial charge is 0.119 e. The molecule has 2 heterocycles. The number of pyridine rings is 1. The Kier molecular flexibility index (Phi) is 7.51. The zero-order chi connectivity index (χ0) is 18.2. The number of aromatic nitrogens is 1. The predicted molar refractivity (Wildman–Crippen MR) is 111 cm³/mol. The van der Waals surface area contributed by atoms with Gasteiger partial charge in [-0.25, -0.2) is 0 Å². The molecule has 1 atom stereocenters. The quantitative estimate of drug-likeness (QED) is 0.579. The number of halogens is 1. The highest BCUT2D eigenvalue weighted by molar-refractivity contribution is 9.10. The van der Waals surface area contributed by atoms with Crippen LogP contribution in [0.4, 0.5) is 0 Å². The van der Waals surface area contributed by atoms with Crippen LogP contribution in [-0.4, -0.2) is 35.6 Å². The molecule has 1 fully saturated rings. The number of likely N-dealkylation sites (tertiary alicyclic amines) is 1.